The number of sulfonamides is 1. The zero-order chi connectivity index (χ0) is 13.3. The SMILES string of the molecule is O=S(=O)(Nc1cc(Cl)cc(Cl)c1)c1ccc(Cl)s1. The number of halogens is 3. The molecule has 0 fully saturated rings. The van der Waals surface area contributed by atoms with E-state index in [1.807, 2.05) is 0 Å². The van der Waals surface area contributed by atoms with E-state index in [0.29, 0.717) is 20.1 Å². The quantitative estimate of drug-likeness (QED) is 0.892. The van der Waals surface area contributed by atoms with Gasteiger partial charge in [-0.05, 0) is 30.3 Å². The van der Waals surface area contributed by atoms with Crippen LogP contribution in [-0.4, -0.2) is 8.42 Å². The molecule has 18 heavy (non-hydrogen) atoms. The van der Waals surface area contributed by atoms with Crippen molar-refractivity contribution in [3.05, 3.63) is 44.7 Å². The number of thiophene rings is 1. The first-order valence-electron chi connectivity index (χ1n) is 4.61. The molecule has 0 spiro atoms. The summed E-state index contributed by atoms with van der Waals surface area (Å²) in [6.45, 7) is 0. The van der Waals surface area contributed by atoms with Crippen LogP contribution in [0.4, 0.5) is 5.69 Å². The monoisotopic (exact) mass is 341 g/mol. The molecule has 0 saturated carbocycles. The molecule has 1 heterocycles. The zero-order valence-electron chi connectivity index (χ0n) is 8.65. The van der Waals surface area contributed by atoms with Gasteiger partial charge in [0.15, 0.2) is 0 Å². The Morgan fingerprint density at radius 2 is 1.61 bits per heavy atom. The van der Waals surface area contributed by atoms with E-state index in [1.165, 1.54) is 30.3 Å². The Morgan fingerprint density at radius 3 is 2.11 bits per heavy atom. The van der Waals surface area contributed by atoms with Crippen molar-refractivity contribution in [1.29, 1.82) is 0 Å². The van der Waals surface area contributed by atoms with Gasteiger partial charge in [0.2, 0.25) is 0 Å². The van der Waals surface area contributed by atoms with E-state index in [2.05, 4.69) is 4.72 Å². The number of hydrogen-bond donors (Lipinski definition) is 1. The Bertz CT molecular complexity index is 662. The summed E-state index contributed by atoms with van der Waals surface area (Å²) in [5.41, 5.74) is 0.303. The van der Waals surface area contributed by atoms with E-state index in [-0.39, 0.29) is 4.21 Å². The fourth-order valence-electron chi connectivity index (χ4n) is 1.26. The summed E-state index contributed by atoms with van der Waals surface area (Å²) < 4.78 is 26.9. The van der Waals surface area contributed by atoms with Crippen LogP contribution in [0.5, 0.6) is 0 Å². The molecular weight excluding hydrogens is 337 g/mol. The molecule has 96 valence electrons. The molecular formula is C10H6Cl3NO2S2. The summed E-state index contributed by atoms with van der Waals surface area (Å²) in [6.07, 6.45) is 0. The molecule has 0 saturated heterocycles. The minimum atomic E-state index is -3.66. The molecule has 2 aromatic rings. The first-order chi connectivity index (χ1) is 8.37. The fourth-order valence-corrected chi connectivity index (χ4v) is 4.31. The third kappa shape index (κ3) is 3.30. The molecule has 1 aromatic heterocycles. The number of hydrogen-bond acceptors (Lipinski definition) is 3. The summed E-state index contributed by atoms with van der Waals surface area (Å²) in [6, 6.07) is 7.41. The second kappa shape index (κ2) is 5.27. The van der Waals surface area contributed by atoms with Gasteiger partial charge in [0, 0.05) is 10.0 Å². The van der Waals surface area contributed by atoms with Crippen LogP contribution in [0.2, 0.25) is 14.4 Å². The van der Waals surface area contributed by atoms with Crippen molar-refractivity contribution in [3.63, 3.8) is 0 Å². The molecule has 0 unspecified atom stereocenters. The van der Waals surface area contributed by atoms with E-state index in [1.54, 1.807) is 0 Å². The first-order valence-corrected chi connectivity index (χ1v) is 8.04. The molecule has 0 radical (unpaired) electrons. The minimum absolute atomic E-state index is 0.128. The third-order valence-electron chi connectivity index (χ3n) is 1.93. The van der Waals surface area contributed by atoms with Gasteiger partial charge >= 0.3 is 0 Å². The van der Waals surface area contributed by atoms with Crippen molar-refractivity contribution in [3.8, 4) is 0 Å². The van der Waals surface area contributed by atoms with Crippen molar-refractivity contribution in [1.82, 2.24) is 0 Å². The van der Waals surface area contributed by atoms with Crippen molar-refractivity contribution in [2.24, 2.45) is 0 Å². The normalized spacial score (nSPS) is 11.5. The van der Waals surface area contributed by atoms with Gasteiger partial charge in [-0.1, -0.05) is 34.8 Å². The molecule has 0 aliphatic heterocycles. The largest absolute Gasteiger partial charge is 0.279 e. The van der Waals surface area contributed by atoms with Crippen LogP contribution in [0, 0.1) is 0 Å². The van der Waals surface area contributed by atoms with E-state index >= 15 is 0 Å². The molecule has 0 atom stereocenters. The Labute approximate surface area is 123 Å². The highest BCUT2D eigenvalue weighted by Crippen LogP contribution is 2.29. The summed E-state index contributed by atoms with van der Waals surface area (Å²) in [7, 11) is -3.66. The van der Waals surface area contributed by atoms with Crippen molar-refractivity contribution >= 4 is 61.9 Å². The molecule has 1 aromatic carbocycles. The van der Waals surface area contributed by atoms with E-state index in [4.69, 9.17) is 34.8 Å². The van der Waals surface area contributed by atoms with Crippen molar-refractivity contribution in [2.75, 3.05) is 4.72 Å². The molecule has 0 amide bonds. The van der Waals surface area contributed by atoms with Gasteiger partial charge < -0.3 is 0 Å². The number of rotatable bonds is 3. The highest BCUT2D eigenvalue weighted by atomic mass is 35.5. The molecule has 3 nitrogen and oxygen atoms in total. The summed E-state index contributed by atoms with van der Waals surface area (Å²) >= 11 is 18.3. The standard InChI is InChI=1S/C10H6Cl3NO2S2/c11-6-3-7(12)5-8(4-6)14-18(15,16)10-2-1-9(13)17-10/h1-5,14H. The first kappa shape index (κ1) is 14.0. The van der Waals surface area contributed by atoms with Crippen LogP contribution in [0.3, 0.4) is 0 Å². The van der Waals surface area contributed by atoms with Crippen LogP contribution >= 0.6 is 46.1 Å². The van der Waals surface area contributed by atoms with E-state index < -0.39 is 10.0 Å². The van der Waals surface area contributed by atoms with Gasteiger partial charge in [0.25, 0.3) is 10.0 Å². The summed E-state index contributed by atoms with van der Waals surface area (Å²) in [5, 5.41) is 0.703. The van der Waals surface area contributed by atoms with Gasteiger partial charge in [-0.25, -0.2) is 8.42 Å². The Kier molecular flexibility index (Phi) is 4.08. The lowest BCUT2D eigenvalue weighted by atomic mass is 10.3. The smallest absolute Gasteiger partial charge is 0.271 e. The van der Waals surface area contributed by atoms with Gasteiger partial charge in [-0.2, -0.15) is 0 Å². The van der Waals surface area contributed by atoms with Crippen LogP contribution in [-0.2, 0) is 10.0 Å². The predicted octanol–water partition coefficient (Wildman–Crippen LogP) is 4.51. The van der Waals surface area contributed by atoms with E-state index in [0.717, 1.165) is 11.3 Å². The fraction of sp³-hybridized carbons (Fsp3) is 0. The van der Waals surface area contributed by atoms with Crippen LogP contribution in [0.1, 0.15) is 0 Å². The second-order valence-corrected chi connectivity index (χ2v) is 7.82. The molecule has 1 N–H and O–H groups in total. The molecule has 8 heteroatoms. The van der Waals surface area contributed by atoms with Crippen LogP contribution < -0.4 is 4.72 Å². The molecule has 2 rings (SSSR count). The Balaban J connectivity index is 2.33. The Hall–Kier alpha value is -0.460. The molecule has 0 aliphatic carbocycles. The summed E-state index contributed by atoms with van der Waals surface area (Å²) in [5.74, 6) is 0. The topological polar surface area (TPSA) is 46.2 Å². The Morgan fingerprint density at radius 1 is 1.00 bits per heavy atom. The van der Waals surface area contributed by atoms with Crippen molar-refractivity contribution in [2.45, 2.75) is 4.21 Å². The highest BCUT2D eigenvalue weighted by molar-refractivity contribution is 7.94. The maximum Gasteiger partial charge on any atom is 0.271 e. The molecule has 0 bridgehead atoms. The van der Waals surface area contributed by atoms with Gasteiger partial charge in [-0.15, -0.1) is 11.3 Å². The van der Waals surface area contributed by atoms with E-state index in [9.17, 15) is 8.42 Å². The zero-order valence-corrected chi connectivity index (χ0v) is 12.6. The highest BCUT2D eigenvalue weighted by Gasteiger charge is 2.17. The van der Waals surface area contributed by atoms with Crippen molar-refractivity contribution < 1.29 is 8.42 Å². The summed E-state index contributed by atoms with van der Waals surface area (Å²) in [4.78, 5) is 0. The molecule has 0 aliphatic rings. The number of benzene rings is 1. The van der Waals surface area contributed by atoms with Crippen LogP contribution in [0.15, 0.2) is 34.5 Å². The minimum Gasteiger partial charge on any atom is -0.279 e. The van der Waals surface area contributed by atoms with Gasteiger partial charge in [0.05, 0.1) is 10.0 Å². The average Bonchev–Trinajstić information content (AvgIpc) is 2.62. The second-order valence-electron chi connectivity index (χ2n) is 3.32. The van der Waals surface area contributed by atoms with Crippen LogP contribution in [0.25, 0.3) is 0 Å². The third-order valence-corrected chi connectivity index (χ3v) is 5.47. The number of anilines is 1. The maximum atomic E-state index is 12.0. The lowest BCUT2D eigenvalue weighted by Gasteiger charge is -2.07. The average molecular weight is 343 g/mol. The predicted molar refractivity (Wildman–Crippen MR) is 76.6 cm³/mol. The lowest BCUT2D eigenvalue weighted by Crippen LogP contribution is -2.11. The maximum absolute atomic E-state index is 12.0. The lowest BCUT2D eigenvalue weighted by molar-refractivity contribution is 0.603. The number of nitrogens with one attached hydrogen (secondary N) is 1. The van der Waals surface area contributed by atoms with Gasteiger partial charge in [0.1, 0.15) is 4.21 Å². The van der Waals surface area contributed by atoms with Gasteiger partial charge in [-0.3, -0.25) is 4.72 Å².